The molecule has 0 saturated carbocycles. The number of carbonyl (C=O) groups is 17. The molecule has 0 bridgehead atoms. The molecule has 112 heavy (non-hydrogen) atoms. The minimum atomic E-state index is -1.91. The number of carbonyl (C=O) groups excluding carboxylic acids is 14. The standard InChI is InChI=1S/C71H118N18O23/c1-14-35(8)53(72)67(108)84-47(29-52(95)96)63(104)88-54(36(9)15-2)68(109)78-40(13)58(99)81-45(27-41-21-18-17-19-22-41)61(102)85-49(31-91)66(107)86-48(30-90)65(106)83-44(26-34(6)7)60(101)77-38(11)56(97)80-43(25-33(4)5)59(100)76-39(12)57(98)82-46(28-51(93)94)62(103)89-55(37(10)16-3)69(110)87-50(32-92)64(105)79-42(70(111)112)23-20-24-75-71(73)74/h17-19,21-22,33-40,42-50,53-55,90-92H,14-16,20,23-32,72H2,1-13H3,(H,76,100)(H,77,101)(H,78,109)(H,79,105)(H,80,97)(H,81,99)(H,82,98)(H,83,106)(H,84,108)(H,85,102)(H,86,107)(H,87,110)(H,88,104)(H,89,103)(H,93,94)(H,95,96)(H,111,112)(H4,73,74,75)/t35-,36-,37-,38-,39-,40-,42-,43-,44-,45-,46-,47-,48-,49-,50-,53-,54-,55-/m0/s1. The number of benzene rings is 1. The van der Waals surface area contributed by atoms with E-state index in [9.17, 15) is 112 Å². The molecule has 1 rings (SSSR count). The van der Waals surface area contributed by atoms with Crippen molar-refractivity contribution in [2.45, 2.75) is 245 Å². The van der Waals surface area contributed by atoms with Crippen LogP contribution in [0, 0.1) is 29.6 Å². The number of amides is 14. The highest BCUT2D eigenvalue weighted by molar-refractivity contribution is 6.01. The van der Waals surface area contributed by atoms with Gasteiger partial charge in [0, 0.05) is 13.0 Å². The van der Waals surface area contributed by atoms with Crippen LogP contribution in [-0.4, -0.2) is 254 Å². The van der Waals surface area contributed by atoms with E-state index in [1.54, 1.807) is 92.6 Å². The Bertz CT molecular complexity index is 3400. The molecule has 0 aliphatic rings. The van der Waals surface area contributed by atoms with Gasteiger partial charge in [-0.2, -0.15) is 0 Å². The Balaban J connectivity index is 3.31. The van der Waals surface area contributed by atoms with Crippen LogP contribution in [0.2, 0.25) is 0 Å². The summed E-state index contributed by atoms with van der Waals surface area (Å²) in [4.78, 5) is 232. The van der Waals surface area contributed by atoms with Gasteiger partial charge < -0.3 is 122 Å². The quantitative estimate of drug-likeness (QED) is 0.0164. The predicted octanol–water partition coefficient (Wildman–Crippen LogP) is -6.30. The summed E-state index contributed by atoms with van der Waals surface area (Å²) in [7, 11) is 0. The molecule has 14 amide bonds. The second kappa shape index (κ2) is 50.3. The smallest absolute Gasteiger partial charge is 0.326 e. The molecule has 0 unspecified atom stereocenters. The highest BCUT2D eigenvalue weighted by Gasteiger charge is 2.39. The number of aliphatic hydroxyl groups is 3. The lowest BCUT2D eigenvalue weighted by Gasteiger charge is -2.28. The predicted molar refractivity (Wildman–Crippen MR) is 403 cm³/mol. The summed E-state index contributed by atoms with van der Waals surface area (Å²) in [6, 6.07) is -15.4. The first kappa shape index (κ1) is 99.3. The van der Waals surface area contributed by atoms with Crippen molar-refractivity contribution < 1.29 is 112 Å². The van der Waals surface area contributed by atoms with Gasteiger partial charge in [0.25, 0.3) is 0 Å². The zero-order valence-corrected chi connectivity index (χ0v) is 65.6. The molecule has 0 aliphatic carbocycles. The third kappa shape index (κ3) is 35.6. The zero-order chi connectivity index (χ0) is 85.6. The van der Waals surface area contributed by atoms with Crippen LogP contribution < -0.4 is 91.6 Å². The lowest BCUT2D eigenvalue weighted by Crippen LogP contribution is -2.62. The molecule has 0 heterocycles. The van der Waals surface area contributed by atoms with E-state index in [-0.39, 0.29) is 75.2 Å². The van der Waals surface area contributed by atoms with E-state index in [2.05, 4.69) is 79.4 Å². The first-order valence-corrected chi connectivity index (χ1v) is 37.0. The second-order valence-corrected chi connectivity index (χ2v) is 28.4. The van der Waals surface area contributed by atoms with Crippen molar-refractivity contribution in [3.8, 4) is 0 Å². The maximum atomic E-state index is 14.1. The zero-order valence-electron chi connectivity index (χ0n) is 65.6. The van der Waals surface area contributed by atoms with Crippen LogP contribution in [-0.2, 0) is 87.9 Å². The first-order valence-electron chi connectivity index (χ1n) is 37.0. The fourth-order valence-electron chi connectivity index (χ4n) is 10.6. The topological polar surface area (TPSA) is 670 Å². The van der Waals surface area contributed by atoms with E-state index < -0.39 is 236 Å². The number of aliphatic hydroxyl groups excluding tert-OH is 3. The van der Waals surface area contributed by atoms with Crippen molar-refractivity contribution in [3.63, 3.8) is 0 Å². The van der Waals surface area contributed by atoms with E-state index in [1.807, 2.05) is 0 Å². The van der Waals surface area contributed by atoms with E-state index in [4.69, 9.17) is 17.2 Å². The molecule has 18 atom stereocenters. The summed E-state index contributed by atoms with van der Waals surface area (Å²) < 4.78 is 0. The highest BCUT2D eigenvalue weighted by atomic mass is 16.4. The number of aliphatic carboxylic acids is 3. The average Bonchev–Trinajstić information content (AvgIpc) is 0.859. The number of aliphatic imine (C=N–C) groups is 1. The van der Waals surface area contributed by atoms with Crippen molar-refractivity contribution in [3.05, 3.63) is 35.9 Å². The SMILES string of the molecule is CC[C@H](C)[C@H](N)C(=O)N[C@@H](CC(=O)O)C(=O)N[C@H](C(=O)N[C@@H](C)C(=O)N[C@@H](Cc1ccccc1)C(=O)N[C@@H](CO)C(=O)N[C@@H](CO)C(=O)N[C@@H](CC(C)C)C(=O)N[C@@H](C)C(=O)N[C@@H](CC(C)C)C(=O)N[C@@H](C)C(=O)N[C@@H](CC(=O)O)C(=O)N[C@H](C(=O)N[C@@H](CO)C(=O)N[C@@H](CCCN=C(N)N)C(=O)O)[C@@H](C)CC)[C@@H](C)CC. The van der Waals surface area contributed by atoms with Crippen LogP contribution in [0.25, 0.3) is 0 Å². The average molecular weight is 1590 g/mol. The van der Waals surface area contributed by atoms with Crippen LogP contribution in [0.4, 0.5) is 0 Å². The molecule has 0 aliphatic heterocycles. The number of carboxylic acids is 3. The largest absolute Gasteiger partial charge is 0.481 e. The molecular formula is C71H118N18O23. The molecule has 1 aromatic carbocycles. The van der Waals surface area contributed by atoms with Crippen LogP contribution in [0.1, 0.15) is 153 Å². The van der Waals surface area contributed by atoms with Crippen LogP contribution in [0.5, 0.6) is 0 Å². The van der Waals surface area contributed by atoms with Crippen LogP contribution in [0.3, 0.4) is 0 Å². The van der Waals surface area contributed by atoms with Crippen molar-refractivity contribution in [1.82, 2.24) is 74.4 Å². The van der Waals surface area contributed by atoms with Gasteiger partial charge in [-0.25, -0.2) is 4.79 Å². The van der Waals surface area contributed by atoms with Gasteiger partial charge in [-0.05, 0) is 81.6 Å². The van der Waals surface area contributed by atoms with E-state index in [1.165, 1.54) is 20.8 Å². The minimum absolute atomic E-state index is 0.0237. The monoisotopic (exact) mass is 1590 g/mol. The second-order valence-electron chi connectivity index (χ2n) is 28.4. The number of hydrogen-bond donors (Lipinski definition) is 23. The van der Waals surface area contributed by atoms with Crippen LogP contribution in [0.15, 0.2) is 35.3 Å². The fraction of sp³-hybridized carbons (Fsp3) is 0.662. The van der Waals surface area contributed by atoms with Gasteiger partial charge in [0.15, 0.2) is 5.96 Å². The van der Waals surface area contributed by atoms with E-state index in [0.717, 1.165) is 6.92 Å². The summed E-state index contributed by atoms with van der Waals surface area (Å²) in [6.45, 7) is 17.0. The molecular weight excluding hydrogens is 1470 g/mol. The number of guanidine groups is 1. The third-order valence-electron chi connectivity index (χ3n) is 18.0. The first-order chi connectivity index (χ1) is 52.4. The number of hydrogen-bond acceptors (Lipinski definition) is 22. The van der Waals surface area contributed by atoms with Gasteiger partial charge in [0.1, 0.15) is 84.6 Å². The number of carboxylic acid groups (broad SMARTS) is 3. The Morgan fingerprint density at radius 3 is 1.03 bits per heavy atom. The lowest BCUT2D eigenvalue weighted by molar-refractivity contribution is -0.143. The molecule has 0 spiro atoms. The number of nitrogens with zero attached hydrogens (tertiary/aromatic N) is 1. The maximum absolute atomic E-state index is 14.1. The molecule has 41 heteroatoms. The summed E-state index contributed by atoms with van der Waals surface area (Å²) >= 11 is 0. The summed E-state index contributed by atoms with van der Waals surface area (Å²) in [5, 5.41) is 93.1. The van der Waals surface area contributed by atoms with Crippen molar-refractivity contribution in [1.29, 1.82) is 0 Å². The molecule has 0 saturated heterocycles. The minimum Gasteiger partial charge on any atom is -0.481 e. The Morgan fingerprint density at radius 2 is 0.670 bits per heavy atom. The van der Waals surface area contributed by atoms with Gasteiger partial charge >= 0.3 is 17.9 Å². The third-order valence-corrected chi connectivity index (χ3v) is 18.0. The molecule has 0 aromatic heterocycles. The normalized spacial score (nSPS) is 16.0. The van der Waals surface area contributed by atoms with Crippen molar-refractivity contribution in [2.24, 2.45) is 51.8 Å². The van der Waals surface area contributed by atoms with Gasteiger partial charge in [-0.15, -0.1) is 0 Å². The molecule has 41 nitrogen and oxygen atoms in total. The van der Waals surface area contributed by atoms with E-state index >= 15 is 0 Å². The van der Waals surface area contributed by atoms with Crippen molar-refractivity contribution >= 4 is 107 Å². The van der Waals surface area contributed by atoms with Crippen LogP contribution >= 0.6 is 0 Å². The molecule has 0 fully saturated rings. The highest BCUT2D eigenvalue weighted by Crippen LogP contribution is 2.15. The summed E-state index contributed by atoms with van der Waals surface area (Å²) in [5.41, 5.74) is 17.1. The number of nitrogens with two attached hydrogens (primary N) is 3. The molecule has 630 valence electrons. The Labute approximate surface area is 649 Å². The molecule has 1 aromatic rings. The Hall–Kier alpha value is -10.7. The maximum Gasteiger partial charge on any atom is 0.326 e. The fourth-order valence-corrected chi connectivity index (χ4v) is 10.6. The van der Waals surface area contributed by atoms with Gasteiger partial charge in [-0.3, -0.25) is 81.7 Å². The number of nitrogens with one attached hydrogen (secondary N) is 14. The number of rotatable bonds is 52. The molecule has 26 N–H and O–H groups in total. The van der Waals surface area contributed by atoms with Gasteiger partial charge in [0.2, 0.25) is 82.7 Å². The summed E-state index contributed by atoms with van der Waals surface area (Å²) in [5.74, 6) is -21.7. The van der Waals surface area contributed by atoms with Crippen molar-refractivity contribution in [2.75, 3.05) is 26.4 Å². The van der Waals surface area contributed by atoms with E-state index in [0.29, 0.717) is 12.0 Å². The Kier molecular flexibility index (Phi) is 44.6. The van der Waals surface area contributed by atoms with Gasteiger partial charge in [0.05, 0.1) is 38.7 Å². The Morgan fingerprint density at radius 1 is 0.366 bits per heavy atom. The lowest BCUT2D eigenvalue weighted by atomic mass is 9.96. The summed E-state index contributed by atoms with van der Waals surface area (Å²) in [6.07, 6.45) is -1.44. The van der Waals surface area contributed by atoms with Gasteiger partial charge in [-0.1, -0.05) is 119 Å². The molecule has 0 radical (unpaired) electrons.